The van der Waals surface area contributed by atoms with Crippen LogP contribution >= 0.6 is 12.4 Å². The van der Waals surface area contributed by atoms with E-state index in [0.717, 1.165) is 12.1 Å². The van der Waals surface area contributed by atoms with Gasteiger partial charge in [-0.25, -0.2) is 0 Å². The smallest absolute Gasteiger partial charge is 0.255 e. The molecule has 1 aliphatic rings. The minimum atomic E-state index is -0.527. The molecule has 128 valence electrons. The van der Waals surface area contributed by atoms with E-state index in [-0.39, 0.29) is 31.0 Å². The van der Waals surface area contributed by atoms with Crippen molar-refractivity contribution in [2.24, 2.45) is 5.73 Å². The van der Waals surface area contributed by atoms with E-state index in [9.17, 15) is 9.59 Å². The van der Waals surface area contributed by atoms with Gasteiger partial charge < -0.3 is 25.8 Å². The molecule has 1 aliphatic heterocycles. The van der Waals surface area contributed by atoms with E-state index in [2.05, 4.69) is 10.6 Å². The molecule has 8 heteroatoms. The maximum absolute atomic E-state index is 11.9. The van der Waals surface area contributed by atoms with Crippen molar-refractivity contribution in [2.45, 2.75) is 19.0 Å². The first kappa shape index (κ1) is 19.2. The predicted molar refractivity (Wildman–Crippen MR) is 87.5 cm³/mol. The number of ether oxygens (including phenoxy) is 2. The minimum absolute atomic E-state index is 0. The molecule has 0 spiro atoms. The zero-order chi connectivity index (χ0) is 15.8. The standard InChI is InChI=1S/C15H21N3O4.ClH/c16-14(19)10-22-13-3-1-2-11(6-13)8-18-15(20)7-12-9-21-5-4-17-12;/h1-3,6,12,17H,4-5,7-10H2,(H2,16,19)(H,18,20);1H. The van der Waals surface area contributed by atoms with Gasteiger partial charge in [0.1, 0.15) is 5.75 Å². The zero-order valence-electron chi connectivity index (χ0n) is 12.7. The molecule has 1 aromatic rings. The molecule has 1 atom stereocenters. The molecule has 0 radical (unpaired) electrons. The molecule has 0 aromatic heterocycles. The molecule has 1 fully saturated rings. The Morgan fingerprint density at radius 3 is 2.96 bits per heavy atom. The lowest BCUT2D eigenvalue weighted by molar-refractivity contribution is -0.122. The SMILES string of the molecule is Cl.NC(=O)COc1cccc(CNC(=O)CC2COCCN2)c1. The van der Waals surface area contributed by atoms with Crippen LogP contribution in [0.5, 0.6) is 5.75 Å². The van der Waals surface area contributed by atoms with E-state index in [1.807, 2.05) is 6.07 Å². The average Bonchev–Trinajstić information content (AvgIpc) is 2.52. The normalized spacial score (nSPS) is 17.0. The van der Waals surface area contributed by atoms with E-state index in [1.54, 1.807) is 18.2 Å². The number of amides is 2. The lowest BCUT2D eigenvalue weighted by Gasteiger charge is -2.23. The van der Waals surface area contributed by atoms with Crippen molar-refractivity contribution < 1.29 is 19.1 Å². The van der Waals surface area contributed by atoms with Crippen molar-refractivity contribution in [1.29, 1.82) is 0 Å². The second-order valence-electron chi connectivity index (χ2n) is 5.11. The summed E-state index contributed by atoms with van der Waals surface area (Å²) >= 11 is 0. The Kier molecular flexibility index (Phi) is 8.39. The number of hydrogen-bond donors (Lipinski definition) is 3. The van der Waals surface area contributed by atoms with E-state index in [0.29, 0.717) is 31.9 Å². The molecule has 7 nitrogen and oxygen atoms in total. The summed E-state index contributed by atoms with van der Waals surface area (Å²) < 4.78 is 10.5. The quantitative estimate of drug-likeness (QED) is 0.645. The second-order valence-corrected chi connectivity index (χ2v) is 5.11. The Balaban J connectivity index is 0.00000264. The van der Waals surface area contributed by atoms with Gasteiger partial charge in [0.15, 0.2) is 6.61 Å². The van der Waals surface area contributed by atoms with Crippen LogP contribution in [0.25, 0.3) is 0 Å². The monoisotopic (exact) mass is 343 g/mol. The van der Waals surface area contributed by atoms with Crippen LogP contribution < -0.4 is 21.1 Å². The van der Waals surface area contributed by atoms with Gasteiger partial charge in [-0.3, -0.25) is 9.59 Å². The summed E-state index contributed by atoms with van der Waals surface area (Å²) in [6.07, 6.45) is 0.387. The summed E-state index contributed by atoms with van der Waals surface area (Å²) in [5.41, 5.74) is 5.92. The van der Waals surface area contributed by atoms with Crippen LogP contribution in [0.1, 0.15) is 12.0 Å². The van der Waals surface area contributed by atoms with Gasteiger partial charge in [-0.2, -0.15) is 0 Å². The van der Waals surface area contributed by atoms with Gasteiger partial charge in [-0.15, -0.1) is 12.4 Å². The van der Waals surface area contributed by atoms with Crippen molar-refractivity contribution in [3.05, 3.63) is 29.8 Å². The van der Waals surface area contributed by atoms with Crippen molar-refractivity contribution in [2.75, 3.05) is 26.4 Å². The molecule has 2 rings (SSSR count). The number of benzene rings is 1. The van der Waals surface area contributed by atoms with Gasteiger partial charge in [0.05, 0.1) is 13.2 Å². The molecule has 0 saturated carbocycles. The summed E-state index contributed by atoms with van der Waals surface area (Å²) in [5, 5.41) is 6.09. The fourth-order valence-corrected chi connectivity index (χ4v) is 2.15. The van der Waals surface area contributed by atoms with Crippen LogP contribution in [0.2, 0.25) is 0 Å². The fraction of sp³-hybridized carbons (Fsp3) is 0.467. The highest BCUT2D eigenvalue weighted by molar-refractivity contribution is 5.85. The van der Waals surface area contributed by atoms with E-state index in [4.69, 9.17) is 15.2 Å². The van der Waals surface area contributed by atoms with Crippen LogP contribution in [-0.4, -0.2) is 44.2 Å². The first-order valence-corrected chi connectivity index (χ1v) is 7.21. The van der Waals surface area contributed by atoms with E-state index < -0.39 is 5.91 Å². The zero-order valence-corrected chi connectivity index (χ0v) is 13.6. The molecule has 0 bridgehead atoms. The largest absolute Gasteiger partial charge is 0.484 e. The van der Waals surface area contributed by atoms with Gasteiger partial charge in [0.2, 0.25) is 5.91 Å². The molecular weight excluding hydrogens is 322 g/mol. The van der Waals surface area contributed by atoms with Crippen LogP contribution in [0.15, 0.2) is 24.3 Å². The lowest BCUT2D eigenvalue weighted by Crippen LogP contribution is -2.44. The third-order valence-electron chi connectivity index (χ3n) is 3.20. The highest BCUT2D eigenvalue weighted by Crippen LogP contribution is 2.13. The summed E-state index contributed by atoms with van der Waals surface area (Å²) in [7, 11) is 0. The summed E-state index contributed by atoms with van der Waals surface area (Å²) in [6.45, 7) is 2.26. The molecule has 1 heterocycles. The molecular formula is C15H22ClN3O4. The maximum Gasteiger partial charge on any atom is 0.255 e. The maximum atomic E-state index is 11.9. The van der Waals surface area contributed by atoms with Crippen molar-refractivity contribution in [3.63, 3.8) is 0 Å². The first-order chi connectivity index (χ1) is 10.6. The average molecular weight is 344 g/mol. The molecule has 1 saturated heterocycles. The number of carbonyl (C=O) groups is 2. The highest BCUT2D eigenvalue weighted by atomic mass is 35.5. The Labute approximate surface area is 141 Å². The third-order valence-corrected chi connectivity index (χ3v) is 3.20. The van der Waals surface area contributed by atoms with Gasteiger partial charge in [0, 0.05) is 25.6 Å². The Hall–Kier alpha value is -1.83. The number of primary amides is 1. The van der Waals surface area contributed by atoms with E-state index >= 15 is 0 Å². The predicted octanol–water partition coefficient (Wildman–Crippen LogP) is -0.0328. The minimum Gasteiger partial charge on any atom is -0.484 e. The van der Waals surface area contributed by atoms with Gasteiger partial charge in [-0.1, -0.05) is 12.1 Å². The van der Waals surface area contributed by atoms with E-state index in [1.165, 1.54) is 0 Å². The molecule has 1 unspecified atom stereocenters. The summed E-state index contributed by atoms with van der Waals surface area (Å²) in [6, 6.07) is 7.25. The fourth-order valence-electron chi connectivity index (χ4n) is 2.15. The molecule has 1 aromatic carbocycles. The number of halogens is 1. The van der Waals surface area contributed by atoms with Crippen molar-refractivity contribution in [3.8, 4) is 5.75 Å². The van der Waals surface area contributed by atoms with Crippen LogP contribution in [0.4, 0.5) is 0 Å². The topological polar surface area (TPSA) is 103 Å². The highest BCUT2D eigenvalue weighted by Gasteiger charge is 2.16. The number of rotatable bonds is 7. The number of nitrogens with one attached hydrogen (secondary N) is 2. The van der Waals surface area contributed by atoms with Crippen molar-refractivity contribution >= 4 is 24.2 Å². The molecule has 4 N–H and O–H groups in total. The Bertz CT molecular complexity index is 521. The van der Waals surface area contributed by atoms with Gasteiger partial charge in [0.25, 0.3) is 5.91 Å². The van der Waals surface area contributed by atoms with Crippen LogP contribution in [-0.2, 0) is 20.9 Å². The Morgan fingerprint density at radius 2 is 2.26 bits per heavy atom. The lowest BCUT2D eigenvalue weighted by atomic mass is 10.1. The van der Waals surface area contributed by atoms with Crippen LogP contribution in [0, 0.1) is 0 Å². The summed E-state index contributed by atoms with van der Waals surface area (Å²) in [5.74, 6) is -0.0136. The Morgan fingerprint density at radius 1 is 1.43 bits per heavy atom. The first-order valence-electron chi connectivity index (χ1n) is 7.21. The van der Waals surface area contributed by atoms with Gasteiger partial charge in [-0.05, 0) is 17.7 Å². The molecule has 23 heavy (non-hydrogen) atoms. The number of nitrogens with two attached hydrogens (primary N) is 1. The van der Waals surface area contributed by atoms with Crippen molar-refractivity contribution in [1.82, 2.24) is 10.6 Å². The number of hydrogen-bond acceptors (Lipinski definition) is 5. The summed E-state index contributed by atoms with van der Waals surface area (Å²) in [4.78, 5) is 22.6. The van der Waals surface area contributed by atoms with Crippen LogP contribution in [0.3, 0.4) is 0 Å². The van der Waals surface area contributed by atoms with Gasteiger partial charge >= 0.3 is 0 Å². The molecule has 0 aliphatic carbocycles. The number of morpholine rings is 1. The number of carbonyl (C=O) groups excluding carboxylic acids is 2. The third kappa shape index (κ3) is 7.32. The second kappa shape index (κ2) is 10.0. The molecule has 2 amide bonds.